The molecule has 2 rings (SSSR count). The van der Waals surface area contributed by atoms with E-state index in [9.17, 15) is 9.59 Å². The fraction of sp³-hybridized carbons (Fsp3) is 0.214. The van der Waals surface area contributed by atoms with Gasteiger partial charge in [-0.15, -0.1) is 0 Å². The van der Waals surface area contributed by atoms with Crippen LogP contribution in [0.4, 0.5) is 0 Å². The zero-order valence-corrected chi connectivity index (χ0v) is 15.0. The number of carboxylic acid groups (broad SMARTS) is 2. The maximum atomic E-state index is 9.55. The minimum atomic E-state index is -1.26. The highest BCUT2D eigenvalue weighted by Crippen LogP contribution is 2.32. The van der Waals surface area contributed by atoms with E-state index in [1.54, 1.807) is 0 Å². The van der Waals surface area contributed by atoms with Gasteiger partial charge < -0.3 is 20.3 Å². The van der Waals surface area contributed by atoms with Gasteiger partial charge in [0.25, 0.3) is 0 Å². The molecule has 1 aromatic carbocycles. The number of ether oxygens (including phenoxy) is 1. The van der Waals surface area contributed by atoms with Gasteiger partial charge in [0.2, 0.25) is 0 Å². The summed E-state index contributed by atoms with van der Waals surface area (Å²) in [6.45, 7) is 2.24. The topological polar surface area (TPSA) is 108 Å². The first-order chi connectivity index (χ1) is 10.9. The fourth-order valence-electron chi connectivity index (χ4n) is 1.45. The first-order valence-electron chi connectivity index (χ1n) is 6.38. The van der Waals surface area contributed by atoms with Gasteiger partial charge in [-0.05, 0) is 44.0 Å². The van der Waals surface area contributed by atoms with Crippen molar-refractivity contribution in [2.45, 2.75) is 0 Å². The molecule has 124 valence electrons. The van der Waals surface area contributed by atoms with Gasteiger partial charge >= 0.3 is 11.9 Å². The third-order valence-electron chi connectivity index (χ3n) is 2.38. The summed E-state index contributed by atoms with van der Waals surface area (Å²) in [5.74, 6) is -0.786. The molecule has 0 fully saturated rings. The highest BCUT2D eigenvalue weighted by molar-refractivity contribution is 9.11. The van der Waals surface area contributed by atoms with E-state index in [0.717, 1.165) is 33.6 Å². The van der Waals surface area contributed by atoms with E-state index in [1.807, 2.05) is 18.2 Å². The number of nitrogens with one attached hydrogen (secondary N) is 1. The first-order valence-corrected chi connectivity index (χ1v) is 7.96. The summed E-state index contributed by atoms with van der Waals surface area (Å²) in [6.07, 6.45) is 1.12. The molecule has 7 nitrogen and oxygen atoms in total. The molecule has 23 heavy (non-hydrogen) atoms. The van der Waals surface area contributed by atoms with Crippen molar-refractivity contribution in [3.05, 3.63) is 39.3 Å². The third-order valence-corrected chi connectivity index (χ3v) is 3.63. The Kier molecular flexibility index (Phi) is 8.35. The SMILES string of the molecule is Brc1cccc(Br)c1OCC1=NCCN1.O=C(O)C=CC(=O)O. The molecular weight excluding hydrogens is 436 g/mol. The summed E-state index contributed by atoms with van der Waals surface area (Å²) in [6, 6.07) is 5.85. The smallest absolute Gasteiger partial charge is 0.328 e. The van der Waals surface area contributed by atoms with Crippen LogP contribution < -0.4 is 10.1 Å². The Morgan fingerprint density at radius 1 is 1.22 bits per heavy atom. The number of aliphatic imine (C=N–C) groups is 1. The van der Waals surface area contributed by atoms with Gasteiger partial charge in [0, 0.05) is 18.7 Å². The second-order valence-electron chi connectivity index (χ2n) is 4.10. The first kappa shape index (κ1) is 19.2. The summed E-state index contributed by atoms with van der Waals surface area (Å²) >= 11 is 6.88. The standard InChI is InChI=1S/C10H10Br2N2O.C4H4O4/c11-7-2-1-3-8(12)10(7)15-6-9-13-4-5-14-9;5-3(6)1-2-4(7)8/h1-3H,4-6H2,(H,13,14);1-2H,(H,5,6)(H,7,8). The predicted molar refractivity (Wildman–Crippen MR) is 92.1 cm³/mol. The van der Waals surface area contributed by atoms with Crippen molar-refractivity contribution in [1.29, 1.82) is 0 Å². The number of nitrogens with zero attached hydrogens (tertiary/aromatic N) is 1. The molecule has 0 atom stereocenters. The number of aliphatic carboxylic acids is 2. The molecule has 1 heterocycles. The normalized spacial score (nSPS) is 12.9. The van der Waals surface area contributed by atoms with Gasteiger partial charge in [-0.2, -0.15) is 0 Å². The lowest BCUT2D eigenvalue weighted by molar-refractivity contribution is -0.134. The molecule has 3 N–H and O–H groups in total. The van der Waals surface area contributed by atoms with E-state index in [2.05, 4.69) is 42.2 Å². The van der Waals surface area contributed by atoms with Crippen molar-refractivity contribution >= 4 is 49.6 Å². The van der Waals surface area contributed by atoms with Crippen LogP contribution in [0, 0.1) is 0 Å². The Balaban J connectivity index is 0.000000284. The molecule has 0 aromatic heterocycles. The number of benzene rings is 1. The third kappa shape index (κ3) is 7.80. The molecule has 0 saturated carbocycles. The van der Waals surface area contributed by atoms with Crippen LogP contribution in [0.2, 0.25) is 0 Å². The van der Waals surface area contributed by atoms with E-state index in [0.29, 0.717) is 18.8 Å². The van der Waals surface area contributed by atoms with E-state index in [1.165, 1.54) is 0 Å². The Morgan fingerprint density at radius 2 is 1.78 bits per heavy atom. The number of hydrogen-bond donors (Lipinski definition) is 3. The van der Waals surface area contributed by atoms with E-state index in [4.69, 9.17) is 14.9 Å². The average Bonchev–Trinajstić information content (AvgIpc) is 2.99. The molecule has 0 spiro atoms. The van der Waals surface area contributed by atoms with Crippen LogP contribution in [0.15, 0.2) is 44.3 Å². The monoisotopic (exact) mass is 448 g/mol. The van der Waals surface area contributed by atoms with Crippen LogP contribution in [-0.4, -0.2) is 47.7 Å². The highest BCUT2D eigenvalue weighted by Gasteiger charge is 2.09. The number of carbonyl (C=O) groups is 2. The van der Waals surface area contributed by atoms with Crippen LogP contribution in [0.1, 0.15) is 0 Å². The number of amidine groups is 1. The van der Waals surface area contributed by atoms with E-state index in [-0.39, 0.29) is 0 Å². The number of rotatable bonds is 5. The number of hydrogen-bond acceptors (Lipinski definition) is 5. The summed E-state index contributed by atoms with van der Waals surface area (Å²) in [5.41, 5.74) is 0. The molecule has 0 unspecified atom stereocenters. The molecule has 0 aliphatic carbocycles. The predicted octanol–water partition coefficient (Wildman–Crippen LogP) is 2.30. The number of para-hydroxylation sites is 1. The van der Waals surface area contributed by atoms with Crippen molar-refractivity contribution in [2.75, 3.05) is 19.7 Å². The number of carboxylic acids is 2. The van der Waals surface area contributed by atoms with Crippen LogP contribution in [-0.2, 0) is 9.59 Å². The lowest BCUT2D eigenvalue weighted by Crippen LogP contribution is -2.25. The Morgan fingerprint density at radius 3 is 2.22 bits per heavy atom. The summed E-state index contributed by atoms with van der Waals surface area (Å²) in [5, 5.41) is 18.8. The summed E-state index contributed by atoms with van der Waals surface area (Å²) in [7, 11) is 0. The van der Waals surface area contributed by atoms with Crippen molar-refractivity contribution in [3.63, 3.8) is 0 Å². The molecule has 1 aromatic rings. The minimum Gasteiger partial charge on any atom is -0.483 e. The van der Waals surface area contributed by atoms with Crippen LogP contribution in [0.25, 0.3) is 0 Å². The van der Waals surface area contributed by atoms with Gasteiger partial charge in [-0.25, -0.2) is 9.59 Å². The van der Waals surface area contributed by atoms with Crippen molar-refractivity contribution in [2.24, 2.45) is 4.99 Å². The van der Waals surface area contributed by atoms with Crippen molar-refractivity contribution in [3.8, 4) is 5.75 Å². The molecule has 1 aliphatic rings. The molecule has 0 saturated heterocycles. The molecule has 0 bridgehead atoms. The number of halogens is 2. The minimum absolute atomic E-state index is 0.487. The molecule has 9 heteroatoms. The molecule has 1 aliphatic heterocycles. The van der Waals surface area contributed by atoms with Crippen LogP contribution in [0.3, 0.4) is 0 Å². The lowest BCUT2D eigenvalue weighted by atomic mass is 10.3. The second kappa shape index (κ2) is 10.0. The summed E-state index contributed by atoms with van der Waals surface area (Å²) < 4.78 is 7.54. The zero-order chi connectivity index (χ0) is 17.2. The van der Waals surface area contributed by atoms with Crippen LogP contribution >= 0.6 is 31.9 Å². The fourth-order valence-corrected chi connectivity index (χ4v) is 2.67. The molecule has 0 amide bonds. The second-order valence-corrected chi connectivity index (χ2v) is 5.81. The van der Waals surface area contributed by atoms with Gasteiger partial charge in [0.15, 0.2) is 0 Å². The van der Waals surface area contributed by atoms with Crippen molar-refractivity contribution in [1.82, 2.24) is 5.32 Å². The summed E-state index contributed by atoms with van der Waals surface area (Å²) in [4.78, 5) is 23.4. The van der Waals surface area contributed by atoms with E-state index >= 15 is 0 Å². The average molecular weight is 450 g/mol. The Bertz CT molecular complexity index is 595. The van der Waals surface area contributed by atoms with E-state index < -0.39 is 11.9 Å². The van der Waals surface area contributed by atoms with Gasteiger partial charge in [0.05, 0.1) is 15.5 Å². The lowest BCUT2D eigenvalue weighted by Gasteiger charge is -2.09. The van der Waals surface area contributed by atoms with Crippen LogP contribution in [0.5, 0.6) is 5.75 Å². The molecular formula is C14H14Br2N2O5. The Hall–Kier alpha value is -1.87. The van der Waals surface area contributed by atoms with Gasteiger partial charge in [-0.3, -0.25) is 4.99 Å². The highest BCUT2D eigenvalue weighted by atomic mass is 79.9. The Labute approximate surface area is 149 Å². The maximum absolute atomic E-state index is 9.55. The largest absolute Gasteiger partial charge is 0.483 e. The maximum Gasteiger partial charge on any atom is 0.328 e. The van der Waals surface area contributed by atoms with Crippen molar-refractivity contribution < 1.29 is 24.5 Å². The zero-order valence-electron chi connectivity index (χ0n) is 11.8. The quantitative estimate of drug-likeness (QED) is 0.595. The van der Waals surface area contributed by atoms with Gasteiger partial charge in [0.1, 0.15) is 18.2 Å². The van der Waals surface area contributed by atoms with Gasteiger partial charge in [-0.1, -0.05) is 6.07 Å². The molecule has 0 radical (unpaired) electrons.